The van der Waals surface area contributed by atoms with Crippen LogP contribution < -0.4 is 5.32 Å². The number of amides is 1. The lowest BCUT2D eigenvalue weighted by atomic mass is 9.95. The summed E-state index contributed by atoms with van der Waals surface area (Å²) in [4.78, 5) is 15.0. The van der Waals surface area contributed by atoms with E-state index in [2.05, 4.69) is 34.7 Å². The average Bonchev–Trinajstić information content (AvgIpc) is 2.94. The summed E-state index contributed by atoms with van der Waals surface area (Å²) >= 11 is 0. The molecule has 5 nitrogen and oxygen atoms in total. The molecule has 140 valence electrons. The van der Waals surface area contributed by atoms with Crippen LogP contribution in [0.2, 0.25) is 0 Å². The zero-order valence-electron chi connectivity index (χ0n) is 15.9. The molecule has 25 heavy (non-hydrogen) atoms. The van der Waals surface area contributed by atoms with Crippen molar-refractivity contribution in [2.75, 3.05) is 39.4 Å². The van der Waals surface area contributed by atoms with Crippen LogP contribution in [0.1, 0.15) is 66.3 Å². The van der Waals surface area contributed by atoms with Crippen molar-refractivity contribution >= 4 is 5.91 Å². The van der Waals surface area contributed by atoms with Gasteiger partial charge >= 0.3 is 0 Å². The molecule has 1 aliphatic heterocycles. The Morgan fingerprint density at radius 2 is 1.92 bits per heavy atom. The lowest BCUT2D eigenvalue weighted by Crippen LogP contribution is -2.38. The lowest BCUT2D eigenvalue weighted by molar-refractivity contribution is 0.0374. The van der Waals surface area contributed by atoms with E-state index >= 15 is 0 Å². The van der Waals surface area contributed by atoms with Crippen LogP contribution >= 0.6 is 0 Å². The highest BCUT2D eigenvalue weighted by Crippen LogP contribution is 2.32. The van der Waals surface area contributed by atoms with E-state index in [4.69, 9.17) is 4.74 Å². The van der Waals surface area contributed by atoms with Gasteiger partial charge in [0.1, 0.15) is 0 Å². The van der Waals surface area contributed by atoms with Gasteiger partial charge in [-0.3, -0.25) is 9.69 Å². The molecule has 0 spiro atoms. The molecule has 0 radical (unpaired) electrons. The molecule has 2 aliphatic rings. The van der Waals surface area contributed by atoms with Crippen LogP contribution in [0.15, 0.2) is 6.07 Å². The molecule has 1 aromatic heterocycles. The monoisotopic (exact) mass is 347 g/mol. The van der Waals surface area contributed by atoms with Crippen molar-refractivity contribution in [3.05, 3.63) is 23.0 Å². The summed E-state index contributed by atoms with van der Waals surface area (Å²) < 4.78 is 7.77. The number of carbonyl (C=O) groups is 1. The Morgan fingerprint density at radius 3 is 2.64 bits per heavy atom. The van der Waals surface area contributed by atoms with Gasteiger partial charge in [-0.05, 0) is 45.7 Å². The number of hydrogen-bond donors (Lipinski definition) is 1. The highest BCUT2D eigenvalue weighted by atomic mass is 16.5. The molecular formula is C20H33N3O2. The molecule has 2 fully saturated rings. The van der Waals surface area contributed by atoms with E-state index in [1.165, 1.54) is 37.8 Å². The summed E-state index contributed by atoms with van der Waals surface area (Å²) in [7, 11) is 0. The number of hydrogen-bond acceptors (Lipinski definition) is 3. The van der Waals surface area contributed by atoms with Gasteiger partial charge in [0.25, 0.3) is 5.91 Å². The summed E-state index contributed by atoms with van der Waals surface area (Å²) in [6, 6.07) is 2.65. The first-order chi connectivity index (χ1) is 12.2. The van der Waals surface area contributed by atoms with Gasteiger partial charge in [0.15, 0.2) is 0 Å². The van der Waals surface area contributed by atoms with Gasteiger partial charge in [0, 0.05) is 37.1 Å². The smallest absolute Gasteiger partial charge is 0.253 e. The van der Waals surface area contributed by atoms with Gasteiger partial charge in [-0.1, -0.05) is 19.3 Å². The second kappa shape index (κ2) is 8.86. The molecule has 2 heterocycles. The van der Waals surface area contributed by atoms with Crippen molar-refractivity contribution in [2.24, 2.45) is 0 Å². The fourth-order valence-corrected chi connectivity index (χ4v) is 4.33. The molecular weight excluding hydrogens is 314 g/mol. The predicted molar refractivity (Wildman–Crippen MR) is 100 cm³/mol. The van der Waals surface area contributed by atoms with E-state index < -0.39 is 0 Å². The van der Waals surface area contributed by atoms with Crippen molar-refractivity contribution in [2.45, 2.75) is 58.4 Å². The topological polar surface area (TPSA) is 46.5 Å². The third-order valence-corrected chi connectivity index (χ3v) is 5.71. The number of morpholine rings is 1. The van der Waals surface area contributed by atoms with E-state index in [0.717, 1.165) is 57.1 Å². The van der Waals surface area contributed by atoms with Gasteiger partial charge in [-0.15, -0.1) is 0 Å². The highest BCUT2D eigenvalue weighted by Gasteiger charge is 2.22. The van der Waals surface area contributed by atoms with Crippen molar-refractivity contribution in [3.63, 3.8) is 0 Å². The third-order valence-electron chi connectivity index (χ3n) is 5.71. The van der Waals surface area contributed by atoms with E-state index in [1.807, 2.05) is 0 Å². The maximum absolute atomic E-state index is 12.6. The second-order valence-electron chi connectivity index (χ2n) is 7.51. The summed E-state index contributed by atoms with van der Waals surface area (Å²) in [5.74, 6) is 0.0807. The number of nitrogens with zero attached hydrogens (tertiary/aromatic N) is 2. The predicted octanol–water partition coefficient (Wildman–Crippen LogP) is 3.06. The number of ether oxygens (including phenoxy) is 1. The zero-order valence-corrected chi connectivity index (χ0v) is 15.9. The summed E-state index contributed by atoms with van der Waals surface area (Å²) in [6.45, 7) is 9.70. The molecule has 1 saturated carbocycles. The number of nitrogens with one attached hydrogen (secondary N) is 1. The van der Waals surface area contributed by atoms with E-state index in [1.54, 1.807) is 0 Å². The van der Waals surface area contributed by atoms with Crippen LogP contribution in [0.3, 0.4) is 0 Å². The maximum Gasteiger partial charge on any atom is 0.253 e. The maximum atomic E-state index is 12.6. The van der Waals surface area contributed by atoms with Crippen LogP contribution in [-0.4, -0.2) is 54.8 Å². The molecule has 1 saturated heterocycles. The summed E-state index contributed by atoms with van der Waals surface area (Å²) in [6.07, 6.45) is 7.46. The first kappa shape index (κ1) is 18.5. The van der Waals surface area contributed by atoms with Gasteiger partial charge in [0.2, 0.25) is 0 Å². The van der Waals surface area contributed by atoms with Gasteiger partial charge in [-0.2, -0.15) is 0 Å². The third kappa shape index (κ3) is 4.64. The molecule has 0 atom stereocenters. The van der Waals surface area contributed by atoms with Crippen LogP contribution in [-0.2, 0) is 4.74 Å². The Morgan fingerprint density at radius 1 is 1.20 bits per heavy atom. The molecule has 1 amide bonds. The standard InChI is InChI=1S/C20H33N3O2/c1-16-15-19(17(2)23(16)18-7-4-3-5-8-18)20(24)21-9-6-10-22-11-13-25-14-12-22/h15,18H,3-14H2,1-2H3,(H,21,24). The zero-order chi connectivity index (χ0) is 17.6. The fourth-order valence-electron chi connectivity index (χ4n) is 4.33. The Balaban J connectivity index is 1.51. The quantitative estimate of drug-likeness (QED) is 0.805. The Bertz CT molecular complexity index is 570. The molecule has 0 unspecified atom stereocenters. The number of aromatic nitrogens is 1. The van der Waals surface area contributed by atoms with Crippen LogP contribution in [0, 0.1) is 13.8 Å². The molecule has 0 aromatic carbocycles. The molecule has 0 bridgehead atoms. The minimum absolute atomic E-state index is 0.0807. The molecule has 1 N–H and O–H groups in total. The van der Waals surface area contributed by atoms with Crippen LogP contribution in [0.25, 0.3) is 0 Å². The highest BCUT2D eigenvalue weighted by molar-refractivity contribution is 5.95. The van der Waals surface area contributed by atoms with Crippen molar-refractivity contribution in [3.8, 4) is 0 Å². The Hall–Kier alpha value is -1.33. The van der Waals surface area contributed by atoms with Crippen LogP contribution in [0.4, 0.5) is 0 Å². The first-order valence-corrected chi connectivity index (χ1v) is 9.93. The van der Waals surface area contributed by atoms with E-state index in [0.29, 0.717) is 6.04 Å². The molecule has 1 aromatic rings. The van der Waals surface area contributed by atoms with Crippen molar-refractivity contribution < 1.29 is 9.53 Å². The molecule has 3 rings (SSSR count). The summed E-state index contributed by atoms with van der Waals surface area (Å²) in [5, 5.41) is 3.11. The Labute approximate surface area is 151 Å². The fraction of sp³-hybridized carbons (Fsp3) is 0.750. The minimum atomic E-state index is 0.0807. The molecule has 1 aliphatic carbocycles. The average molecular weight is 348 g/mol. The SMILES string of the molecule is Cc1cc(C(=O)NCCCN2CCOCC2)c(C)n1C1CCCCC1. The van der Waals surface area contributed by atoms with Gasteiger partial charge in [0.05, 0.1) is 18.8 Å². The van der Waals surface area contributed by atoms with Crippen molar-refractivity contribution in [1.29, 1.82) is 0 Å². The number of carbonyl (C=O) groups excluding carboxylic acids is 1. The minimum Gasteiger partial charge on any atom is -0.379 e. The van der Waals surface area contributed by atoms with Gasteiger partial charge in [-0.25, -0.2) is 0 Å². The molecule has 5 heteroatoms. The number of rotatable bonds is 6. The second-order valence-corrected chi connectivity index (χ2v) is 7.51. The Kier molecular flexibility index (Phi) is 6.54. The van der Waals surface area contributed by atoms with E-state index in [-0.39, 0.29) is 5.91 Å². The van der Waals surface area contributed by atoms with E-state index in [9.17, 15) is 4.79 Å². The van der Waals surface area contributed by atoms with Crippen molar-refractivity contribution in [1.82, 2.24) is 14.8 Å². The van der Waals surface area contributed by atoms with Gasteiger partial charge < -0.3 is 14.6 Å². The first-order valence-electron chi connectivity index (χ1n) is 9.93. The summed E-state index contributed by atoms with van der Waals surface area (Å²) in [5.41, 5.74) is 3.22. The lowest BCUT2D eigenvalue weighted by Gasteiger charge is -2.26. The normalized spacial score (nSPS) is 19.9. The van der Waals surface area contributed by atoms with Crippen LogP contribution in [0.5, 0.6) is 0 Å². The largest absolute Gasteiger partial charge is 0.379 e. The number of aryl methyl sites for hydroxylation is 1.